The van der Waals surface area contributed by atoms with Gasteiger partial charge in [-0.15, -0.1) is 0 Å². The van der Waals surface area contributed by atoms with E-state index in [1.54, 1.807) is 6.20 Å². The topological polar surface area (TPSA) is 54.0 Å². The van der Waals surface area contributed by atoms with E-state index in [1.807, 2.05) is 30.3 Å². The lowest BCUT2D eigenvalue weighted by Crippen LogP contribution is -2.31. The number of benzene rings is 1. The molecule has 1 aromatic carbocycles. The summed E-state index contributed by atoms with van der Waals surface area (Å²) in [7, 11) is 0. The standard InChI is InChI=1S/C16H21N3O/c1-12(2)8-10-17-15(20)11-19-14-7-3-5-13-6-4-9-18-16(13)14/h3-7,9,12,19H,8,10-11H2,1-2H3,(H,17,20). The summed E-state index contributed by atoms with van der Waals surface area (Å²) < 4.78 is 0. The summed E-state index contributed by atoms with van der Waals surface area (Å²) >= 11 is 0. The molecule has 1 aromatic heterocycles. The molecule has 0 atom stereocenters. The van der Waals surface area contributed by atoms with Gasteiger partial charge in [-0.05, 0) is 24.5 Å². The minimum atomic E-state index is 0.0126. The van der Waals surface area contributed by atoms with E-state index < -0.39 is 0 Å². The minimum Gasteiger partial charge on any atom is -0.374 e. The number of fused-ring (bicyclic) bond motifs is 1. The van der Waals surface area contributed by atoms with Crippen LogP contribution in [0.2, 0.25) is 0 Å². The Hall–Kier alpha value is -2.10. The first-order valence-electron chi connectivity index (χ1n) is 7.01. The van der Waals surface area contributed by atoms with Gasteiger partial charge in [0.25, 0.3) is 0 Å². The van der Waals surface area contributed by atoms with Crippen LogP contribution in [0.3, 0.4) is 0 Å². The molecule has 2 rings (SSSR count). The predicted molar refractivity (Wildman–Crippen MR) is 82.7 cm³/mol. The van der Waals surface area contributed by atoms with Crippen molar-refractivity contribution in [3.63, 3.8) is 0 Å². The third kappa shape index (κ3) is 3.95. The van der Waals surface area contributed by atoms with E-state index in [0.29, 0.717) is 5.92 Å². The van der Waals surface area contributed by atoms with Crippen molar-refractivity contribution in [1.82, 2.24) is 10.3 Å². The fourth-order valence-corrected chi connectivity index (χ4v) is 1.99. The van der Waals surface area contributed by atoms with Crippen LogP contribution >= 0.6 is 0 Å². The molecule has 0 aliphatic heterocycles. The van der Waals surface area contributed by atoms with Crippen LogP contribution in [-0.2, 0) is 4.79 Å². The SMILES string of the molecule is CC(C)CCNC(=O)CNc1cccc2cccnc12. The number of carbonyl (C=O) groups excluding carboxylic acids is 1. The molecular formula is C16H21N3O. The molecule has 2 aromatic rings. The molecule has 0 bridgehead atoms. The third-order valence-corrected chi connectivity index (χ3v) is 3.12. The average molecular weight is 271 g/mol. The summed E-state index contributed by atoms with van der Waals surface area (Å²) in [6.45, 7) is 5.29. The number of nitrogens with one attached hydrogen (secondary N) is 2. The second-order valence-corrected chi connectivity index (χ2v) is 5.27. The first-order valence-corrected chi connectivity index (χ1v) is 7.01. The Morgan fingerprint density at radius 3 is 2.85 bits per heavy atom. The van der Waals surface area contributed by atoms with Gasteiger partial charge in [-0.3, -0.25) is 9.78 Å². The van der Waals surface area contributed by atoms with Gasteiger partial charge in [-0.2, -0.15) is 0 Å². The van der Waals surface area contributed by atoms with Gasteiger partial charge in [0.15, 0.2) is 0 Å². The van der Waals surface area contributed by atoms with E-state index in [0.717, 1.165) is 29.6 Å². The third-order valence-electron chi connectivity index (χ3n) is 3.12. The number of para-hydroxylation sites is 1. The first kappa shape index (κ1) is 14.3. The van der Waals surface area contributed by atoms with Crippen LogP contribution < -0.4 is 10.6 Å². The Bertz CT molecular complexity index is 575. The molecular weight excluding hydrogens is 250 g/mol. The minimum absolute atomic E-state index is 0.0126. The number of carbonyl (C=O) groups is 1. The highest BCUT2D eigenvalue weighted by atomic mass is 16.1. The van der Waals surface area contributed by atoms with Gasteiger partial charge in [0.1, 0.15) is 0 Å². The van der Waals surface area contributed by atoms with E-state index in [-0.39, 0.29) is 12.5 Å². The van der Waals surface area contributed by atoms with Crippen LogP contribution in [0.1, 0.15) is 20.3 Å². The lowest BCUT2D eigenvalue weighted by atomic mass is 10.1. The van der Waals surface area contributed by atoms with E-state index in [1.165, 1.54) is 0 Å². The molecule has 1 heterocycles. The molecule has 106 valence electrons. The van der Waals surface area contributed by atoms with Gasteiger partial charge in [-0.1, -0.05) is 32.0 Å². The summed E-state index contributed by atoms with van der Waals surface area (Å²) in [4.78, 5) is 16.1. The summed E-state index contributed by atoms with van der Waals surface area (Å²) in [6.07, 6.45) is 2.76. The second kappa shape index (κ2) is 6.89. The average Bonchev–Trinajstić information content (AvgIpc) is 2.44. The van der Waals surface area contributed by atoms with Crippen molar-refractivity contribution in [2.24, 2.45) is 5.92 Å². The number of amides is 1. The maximum atomic E-state index is 11.7. The first-order chi connectivity index (χ1) is 9.66. The van der Waals surface area contributed by atoms with Crippen LogP contribution in [-0.4, -0.2) is 24.0 Å². The molecule has 0 saturated carbocycles. The zero-order valence-corrected chi connectivity index (χ0v) is 12.0. The number of anilines is 1. The fraction of sp³-hybridized carbons (Fsp3) is 0.375. The number of aromatic nitrogens is 1. The molecule has 0 saturated heterocycles. The molecule has 1 amide bonds. The number of nitrogens with zero attached hydrogens (tertiary/aromatic N) is 1. The van der Waals surface area contributed by atoms with Crippen molar-refractivity contribution in [2.45, 2.75) is 20.3 Å². The molecule has 20 heavy (non-hydrogen) atoms. The van der Waals surface area contributed by atoms with Crippen LogP contribution in [0.15, 0.2) is 36.5 Å². The Labute approximate surface area is 119 Å². The Balaban J connectivity index is 1.91. The zero-order valence-electron chi connectivity index (χ0n) is 12.0. The molecule has 0 aliphatic rings. The van der Waals surface area contributed by atoms with Gasteiger partial charge >= 0.3 is 0 Å². The van der Waals surface area contributed by atoms with Crippen LogP contribution in [0, 0.1) is 5.92 Å². The van der Waals surface area contributed by atoms with Gasteiger partial charge in [0, 0.05) is 18.1 Å². The maximum absolute atomic E-state index is 11.7. The maximum Gasteiger partial charge on any atom is 0.239 e. The van der Waals surface area contributed by atoms with E-state index in [2.05, 4.69) is 29.5 Å². The van der Waals surface area contributed by atoms with Crippen molar-refractivity contribution in [2.75, 3.05) is 18.4 Å². The Morgan fingerprint density at radius 2 is 2.05 bits per heavy atom. The number of hydrogen-bond donors (Lipinski definition) is 2. The van der Waals surface area contributed by atoms with Gasteiger partial charge < -0.3 is 10.6 Å². The van der Waals surface area contributed by atoms with E-state index in [4.69, 9.17) is 0 Å². The Kier molecular flexibility index (Phi) is 4.93. The largest absolute Gasteiger partial charge is 0.374 e. The summed E-state index contributed by atoms with van der Waals surface area (Å²) in [6, 6.07) is 9.83. The number of pyridine rings is 1. The highest BCUT2D eigenvalue weighted by molar-refractivity contribution is 5.91. The second-order valence-electron chi connectivity index (χ2n) is 5.27. The summed E-state index contributed by atoms with van der Waals surface area (Å²) in [5, 5.41) is 7.13. The Morgan fingerprint density at radius 1 is 1.25 bits per heavy atom. The fourth-order valence-electron chi connectivity index (χ4n) is 1.99. The van der Waals surface area contributed by atoms with Crippen molar-refractivity contribution in [3.05, 3.63) is 36.5 Å². The molecule has 4 heteroatoms. The monoisotopic (exact) mass is 271 g/mol. The van der Waals surface area contributed by atoms with Crippen LogP contribution in [0.25, 0.3) is 10.9 Å². The highest BCUT2D eigenvalue weighted by Gasteiger charge is 2.04. The van der Waals surface area contributed by atoms with Crippen molar-refractivity contribution in [1.29, 1.82) is 0 Å². The quantitative estimate of drug-likeness (QED) is 0.849. The normalized spacial score (nSPS) is 10.8. The van der Waals surface area contributed by atoms with E-state index >= 15 is 0 Å². The molecule has 4 nitrogen and oxygen atoms in total. The summed E-state index contributed by atoms with van der Waals surface area (Å²) in [5.41, 5.74) is 1.78. The number of rotatable bonds is 6. The zero-order chi connectivity index (χ0) is 14.4. The van der Waals surface area contributed by atoms with E-state index in [9.17, 15) is 4.79 Å². The molecule has 0 radical (unpaired) electrons. The van der Waals surface area contributed by atoms with Gasteiger partial charge in [-0.25, -0.2) is 0 Å². The van der Waals surface area contributed by atoms with Gasteiger partial charge in [0.05, 0.1) is 17.7 Å². The van der Waals surface area contributed by atoms with Crippen molar-refractivity contribution in [3.8, 4) is 0 Å². The summed E-state index contributed by atoms with van der Waals surface area (Å²) in [5.74, 6) is 0.615. The molecule has 0 aliphatic carbocycles. The molecule has 2 N–H and O–H groups in total. The molecule has 0 unspecified atom stereocenters. The highest BCUT2D eigenvalue weighted by Crippen LogP contribution is 2.20. The molecule has 0 spiro atoms. The van der Waals surface area contributed by atoms with Crippen molar-refractivity contribution >= 4 is 22.5 Å². The smallest absolute Gasteiger partial charge is 0.239 e. The van der Waals surface area contributed by atoms with Crippen LogP contribution in [0.4, 0.5) is 5.69 Å². The lowest BCUT2D eigenvalue weighted by molar-refractivity contribution is -0.119. The van der Waals surface area contributed by atoms with Gasteiger partial charge in [0.2, 0.25) is 5.91 Å². The predicted octanol–water partition coefficient (Wildman–Crippen LogP) is 2.81. The van der Waals surface area contributed by atoms with Crippen LogP contribution in [0.5, 0.6) is 0 Å². The van der Waals surface area contributed by atoms with Crippen molar-refractivity contribution < 1.29 is 4.79 Å². The lowest BCUT2D eigenvalue weighted by Gasteiger charge is -2.10. The number of hydrogen-bond acceptors (Lipinski definition) is 3. The molecule has 0 fully saturated rings.